The van der Waals surface area contributed by atoms with E-state index in [4.69, 9.17) is 10.5 Å². The molecule has 0 aliphatic heterocycles. The van der Waals surface area contributed by atoms with Crippen LogP contribution in [0.5, 0.6) is 0 Å². The third-order valence-corrected chi connectivity index (χ3v) is 5.07. The van der Waals surface area contributed by atoms with Gasteiger partial charge in [0.05, 0.1) is 12.3 Å². The molecule has 4 rings (SSSR count). The van der Waals surface area contributed by atoms with Crippen LogP contribution in [0.1, 0.15) is 18.9 Å². The Balaban J connectivity index is 1.55. The highest BCUT2D eigenvalue weighted by atomic mass is 16.5. The van der Waals surface area contributed by atoms with Gasteiger partial charge in [0.1, 0.15) is 11.6 Å². The minimum Gasteiger partial charge on any atom is -0.466 e. The summed E-state index contributed by atoms with van der Waals surface area (Å²) in [5.41, 5.74) is 8.79. The average Bonchev–Trinajstić information content (AvgIpc) is 3.46. The van der Waals surface area contributed by atoms with Crippen molar-refractivity contribution in [1.29, 1.82) is 0 Å². The average molecular weight is 391 g/mol. The van der Waals surface area contributed by atoms with Gasteiger partial charge in [-0.15, -0.1) is 0 Å². The number of fused-ring (bicyclic) bond motifs is 1. The number of carbonyl (C=O) groups is 2. The molecule has 0 bridgehead atoms. The van der Waals surface area contributed by atoms with Crippen molar-refractivity contribution in [2.45, 2.75) is 20.3 Å². The van der Waals surface area contributed by atoms with Crippen molar-refractivity contribution in [3.8, 4) is 11.3 Å². The van der Waals surface area contributed by atoms with Gasteiger partial charge in [-0.1, -0.05) is 0 Å². The number of amides is 1. The number of hydrogen-bond acceptors (Lipinski definition) is 7. The van der Waals surface area contributed by atoms with E-state index in [0.29, 0.717) is 29.1 Å². The number of rotatable bonds is 5. The SMILES string of the molecule is CC(=O)OC[C@H]1C[C@@H]1C(=O)Nc1cc2cc(-c3cnccc3C)nc(N)c2cn1. The van der Waals surface area contributed by atoms with E-state index in [-0.39, 0.29) is 30.3 Å². The molecule has 0 unspecified atom stereocenters. The molecular formula is C21H21N5O3. The van der Waals surface area contributed by atoms with Crippen LogP contribution in [0.15, 0.2) is 36.8 Å². The van der Waals surface area contributed by atoms with E-state index in [1.165, 1.54) is 6.92 Å². The standard InChI is InChI=1S/C21H21N5O3/c1-11-3-4-23-8-16(11)18-6-13-7-19(24-9-17(13)20(22)25-18)26-21(28)15-5-14(15)10-29-12(2)27/h3-4,6-9,14-15H,5,10H2,1-2H3,(H2,22,25)(H,24,26,28)/t14-,15+/m1/s1. The minimum atomic E-state index is -0.335. The minimum absolute atomic E-state index is 0.0689. The number of nitrogens with one attached hydrogen (secondary N) is 1. The van der Waals surface area contributed by atoms with Crippen LogP contribution >= 0.6 is 0 Å². The van der Waals surface area contributed by atoms with Gasteiger partial charge >= 0.3 is 5.97 Å². The summed E-state index contributed by atoms with van der Waals surface area (Å²) in [5.74, 6) is 0.259. The second-order valence-electron chi connectivity index (χ2n) is 7.27. The normalized spacial score (nSPS) is 17.7. The number of anilines is 2. The van der Waals surface area contributed by atoms with E-state index in [0.717, 1.165) is 16.5 Å². The Morgan fingerprint density at radius 1 is 1.31 bits per heavy atom. The maximum Gasteiger partial charge on any atom is 0.302 e. The number of aromatic nitrogens is 3. The van der Waals surface area contributed by atoms with Crippen LogP contribution < -0.4 is 11.1 Å². The molecular weight excluding hydrogens is 370 g/mol. The second kappa shape index (κ2) is 7.46. The molecule has 0 aromatic carbocycles. The monoisotopic (exact) mass is 391 g/mol. The Bertz CT molecular complexity index is 1110. The first kappa shape index (κ1) is 18.8. The van der Waals surface area contributed by atoms with Crippen LogP contribution in [0.25, 0.3) is 22.0 Å². The molecule has 8 nitrogen and oxygen atoms in total. The van der Waals surface area contributed by atoms with Crippen molar-refractivity contribution in [2.75, 3.05) is 17.7 Å². The molecule has 29 heavy (non-hydrogen) atoms. The maximum atomic E-state index is 12.4. The molecule has 1 aliphatic carbocycles. The quantitative estimate of drug-likeness (QED) is 0.642. The fourth-order valence-corrected chi connectivity index (χ4v) is 3.31. The van der Waals surface area contributed by atoms with E-state index in [9.17, 15) is 9.59 Å². The third-order valence-electron chi connectivity index (χ3n) is 5.07. The summed E-state index contributed by atoms with van der Waals surface area (Å²) in [5, 5.41) is 4.38. The van der Waals surface area contributed by atoms with Gasteiger partial charge in [0.15, 0.2) is 0 Å². The number of ether oxygens (including phenoxy) is 1. The van der Waals surface area contributed by atoms with Crippen molar-refractivity contribution in [2.24, 2.45) is 11.8 Å². The Hall–Kier alpha value is -3.55. The molecule has 3 aromatic rings. The smallest absolute Gasteiger partial charge is 0.302 e. The topological polar surface area (TPSA) is 120 Å². The number of hydrogen-bond donors (Lipinski definition) is 2. The highest BCUT2D eigenvalue weighted by Crippen LogP contribution is 2.39. The number of pyridine rings is 3. The zero-order valence-corrected chi connectivity index (χ0v) is 16.2. The van der Waals surface area contributed by atoms with Gasteiger partial charge in [0, 0.05) is 48.3 Å². The summed E-state index contributed by atoms with van der Waals surface area (Å²) >= 11 is 0. The number of carbonyl (C=O) groups excluding carboxylic acids is 2. The Labute approximate surface area is 167 Å². The predicted octanol–water partition coefficient (Wildman–Crippen LogP) is 2.72. The molecule has 2 atom stereocenters. The van der Waals surface area contributed by atoms with Crippen LogP contribution in [-0.4, -0.2) is 33.4 Å². The van der Waals surface area contributed by atoms with Gasteiger partial charge in [-0.05, 0) is 42.5 Å². The van der Waals surface area contributed by atoms with Crippen LogP contribution in [-0.2, 0) is 14.3 Å². The summed E-state index contributed by atoms with van der Waals surface area (Å²) in [7, 11) is 0. The second-order valence-corrected chi connectivity index (χ2v) is 7.27. The van der Waals surface area contributed by atoms with Crippen molar-refractivity contribution in [3.05, 3.63) is 42.4 Å². The first-order valence-electron chi connectivity index (χ1n) is 9.34. The van der Waals surface area contributed by atoms with E-state index >= 15 is 0 Å². The van der Waals surface area contributed by atoms with Crippen LogP contribution in [0, 0.1) is 18.8 Å². The first-order valence-corrected chi connectivity index (χ1v) is 9.34. The van der Waals surface area contributed by atoms with Gasteiger partial charge in [0.2, 0.25) is 5.91 Å². The lowest BCUT2D eigenvalue weighted by Gasteiger charge is -2.10. The molecule has 148 valence electrons. The van der Waals surface area contributed by atoms with E-state index in [2.05, 4.69) is 20.3 Å². The van der Waals surface area contributed by atoms with Crippen LogP contribution in [0.4, 0.5) is 11.6 Å². The lowest BCUT2D eigenvalue weighted by atomic mass is 10.1. The summed E-state index contributed by atoms with van der Waals surface area (Å²) in [6.07, 6.45) is 5.79. The largest absolute Gasteiger partial charge is 0.466 e. The lowest BCUT2D eigenvalue weighted by molar-refractivity contribution is -0.141. The lowest BCUT2D eigenvalue weighted by Crippen LogP contribution is -2.17. The predicted molar refractivity (Wildman–Crippen MR) is 109 cm³/mol. The fourth-order valence-electron chi connectivity index (χ4n) is 3.31. The zero-order chi connectivity index (χ0) is 20.5. The van der Waals surface area contributed by atoms with Gasteiger partial charge in [-0.2, -0.15) is 0 Å². The fraction of sp³-hybridized carbons (Fsp3) is 0.286. The summed E-state index contributed by atoms with van der Waals surface area (Å²) in [6, 6.07) is 5.61. The van der Waals surface area contributed by atoms with E-state index in [1.807, 2.05) is 19.1 Å². The molecule has 3 aromatic heterocycles. The number of nitrogens with zero attached hydrogens (tertiary/aromatic N) is 3. The number of nitrogen functional groups attached to an aromatic ring is 1. The summed E-state index contributed by atoms with van der Waals surface area (Å²) < 4.78 is 4.97. The highest BCUT2D eigenvalue weighted by Gasteiger charge is 2.43. The van der Waals surface area contributed by atoms with Crippen molar-refractivity contribution in [1.82, 2.24) is 15.0 Å². The number of esters is 1. The molecule has 8 heteroatoms. The van der Waals surface area contributed by atoms with E-state index < -0.39 is 0 Å². The molecule has 3 heterocycles. The molecule has 3 N–H and O–H groups in total. The van der Waals surface area contributed by atoms with Gasteiger partial charge in [-0.3, -0.25) is 14.6 Å². The molecule has 1 fully saturated rings. The first-order chi connectivity index (χ1) is 13.9. The Kier molecular flexibility index (Phi) is 4.84. The molecule has 0 saturated heterocycles. The summed E-state index contributed by atoms with van der Waals surface area (Å²) in [4.78, 5) is 36.3. The van der Waals surface area contributed by atoms with Crippen molar-refractivity contribution >= 4 is 34.3 Å². The zero-order valence-electron chi connectivity index (χ0n) is 16.2. The Morgan fingerprint density at radius 3 is 2.90 bits per heavy atom. The van der Waals surface area contributed by atoms with Gasteiger partial charge in [0.25, 0.3) is 0 Å². The molecule has 1 aliphatic rings. The van der Waals surface area contributed by atoms with E-state index in [1.54, 1.807) is 24.7 Å². The molecule has 0 spiro atoms. The third kappa shape index (κ3) is 4.01. The van der Waals surface area contributed by atoms with Crippen LogP contribution in [0.2, 0.25) is 0 Å². The van der Waals surface area contributed by atoms with Gasteiger partial charge < -0.3 is 15.8 Å². The molecule has 1 saturated carbocycles. The summed E-state index contributed by atoms with van der Waals surface area (Å²) in [6.45, 7) is 3.62. The van der Waals surface area contributed by atoms with Gasteiger partial charge in [-0.25, -0.2) is 9.97 Å². The maximum absolute atomic E-state index is 12.4. The van der Waals surface area contributed by atoms with Crippen molar-refractivity contribution < 1.29 is 14.3 Å². The number of nitrogens with two attached hydrogens (primary N) is 1. The van der Waals surface area contributed by atoms with Crippen LogP contribution in [0.3, 0.4) is 0 Å². The van der Waals surface area contributed by atoms with Crippen molar-refractivity contribution in [3.63, 3.8) is 0 Å². The molecule has 0 radical (unpaired) electrons. The molecule has 1 amide bonds. The number of aryl methyl sites for hydroxylation is 1. The Morgan fingerprint density at radius 2 is 2.14 bits per heavy atom. The highest BCUT2D eigenvalue weighted by molar-refractivity contribution is 5.98.